The molecule has 2 aromatic rings. The van der Waals surface area contributed by atoms with Crippen LogP contribution in [0.15, 0.2) is 48.6 Å². The van der Waals surface area contributed by atoms with E-state index in [9.17, 15) is 20.0 Å². The van der Waals surface area contributed by atoms with Gasteiger partial charge in [0, 0.05) is 23.8 Å². The summed E-state index contributed by atoms with van der Waals surface area (Å²) in [4.78, 5) is 28.4. The SMILES string of the molecule is CCC12C=CC(CCO)(O1)[C@@H]1C(=O)N(c3ccc(C#N)c4ccccc34)C(=O)[C@@H]12. The Labute approximate surface area is 168 Å². The van der Waals surface area contributed by atoms with Gasteiger partial charge in [0.2, 0.25) is 11.8 Å². The molecule has 0 radical (unpaired) electrons. The number of rotatable bonds is 4. The van der Waals surface area contributed by atoms with Crippen molar-refractivity contribution in [3.63, 3.8) is 0 Å². The molecule has 0 saturated carbocycles. The van der Waals surface area contributed by atoms with Crippen LogP contribution in [0.2, 0.25) is 0 Å². The van der Waals surface area contributed by atoms with Crippen molar-refractivity contribution >= 4 is 28.3 Å². The molecule has 6 nitrogen and oxygen atoms in total. The smallest absolute Gasteiger partial charge is 0.241 e. The predicted molar refractivity (Wildman–Crippen MR) is 106 cm³/mol. The lowest BCUT2D eigenvalue weighted by Gasteiger charge is -2.29. The summed E-state index contributed by atoms with van der Waals surface area (Å²) in [6, 6.07) is 12.8. The first-order valence-corrected chi connectivity index (χ1v) is 9.83. The van der Waals surface area contributed by atoms with Crippen molar-refractivity contribution in [2.75, 3.05) is 11.5 Å². The Hall–Kier alpha value is -3.01. The van der Waals surface area contributed by atoms with E-state index >= 15 is 0 Å². The first kappa shape index (κ1) is 18.0. The molecule has 5 rings (SSSR count). The highest BCUT2D eigenvalue weighted by molar-refractivity contribution is 6.26. The van der Waals surface area contributed by atoms with Crippen molar-refractivity contribution in [1.29, 1.82) is 5.26 Å². The van der Waals surface area contributed by atoms with E-state index in [1.54, 1.807) is 12.1 Å². The number of hydrogen-bond acceptors (Lipinski definition) is 5. The molecule has 0 aliphatic carbocycles. The normalized spacial score (nSPS) is 32.2. The van der Waals surface area contributed by atoms with E-state index in [1.165, 1.54) is 4.90 Å². The number of carbonyl (C=O) groups excluding carboxylic acids is 2. The van der Waals surface area contributed by atoms with Gasteiger partial charge in [-0.15, -0.1) is 0 Å². The molecule has 0 spiro atoms. The summed E-state index contributed by atoms with van der Waals surface area (Å²) in [5.74, 6) is -1.84. The lowest BCUT2D eigenvalue weighted by molar-refractivity contribution is -0.130. The summed E-state index contributed by atoms with van der Waals surface area (Å²) >= 11 is 0. The summed E-state index contributed by atoms with van der Waals surface area (Å²) in [6.07, 6.45) is 4.60. The van der Waals surface area contributed by atoms with Gasteiger partial charge in [-0.05, 0) is 18.6 Å². The Morgan fingerprint density at radius 1 is 1.07 bits per heavy atom. The Morgan fingerprint density at radius 2 is 1.72 bits per heavy atom. The van der Waals surface area contributed by atoms with Crippen LogP contribution in [0.5, 0.6) is 0 Å². The molecule has 2 aromatic carbocycles. The van der Waals surface area contributed by atoms with Gasteiger partial charge in [0.25, 0.3) is 0 Å². The third-order valence-corrected chi connectivity index (χ3v) is 6.70. The van der Waals surface area contributed by atoms with E-state index < -0.39 is 23.0 Å². The number of benzene rings is 2. The number of nitrogens with zero attached hydrogens (tertiary/aromatic N) is 2. The summed E-state index contributed by atoms with van der Waals surface area (Å²) in [5, 5.41) is 20.4. The van der Waals surface area contributed by atoms with Gasteiger partial charge in [-0.2, -0.15) is 5.26 Å². The Morgan fingerprint density at radius 3 is 2.38 bits per heavy atom. The zero-order chi connectivity index (χ0) is 20.4. The van der Waals surface area contributed by atoms with Crippen molar-refractivity contribution in [3.8, 4) is 6.07 Å². The number of aliphatic hydroxyl groups excluding tert-OH is 1. The highest BCUT2D eigenvalue weighted by atomic mass is 16.5. The number of fused-ring (bicyclic) bond motifs is 6. The van der Waals surface area contributed by atoms with Gasteiger partial charge in [-0.3, -0.25) is 9.59 Å². The standard InChI is InChI=1S/C23H20N2O4/c1-2-22-9-10-23(29-22,11-12-26)19-18(22)20(27)25(21(19)28)17-8-7-14(13-24)15-5-3-4-6-16(15)17/h3-10,18-19,26H,2,11-12H2,1H3/t18-,19+,22?,23?/m1/s1. The lowest BCUT2D eigenvalue weighted by atomic mass is 9.70. The number of aliphatic hydroxyl groups is 1. The number of amides is 2. The maximum atomic E-state index is 13.6. The fraction of sp³-hybridized carbons (Fsp3) is 0.348. The second-order valence-electron chi connectivity index (χ2n) is 7.93. The third-order valence-electron chi connectivity index (χ3n) is 6.70. The molecular formula is C23H20N2O4. The van der Waals surface area contributed by atoms with Crippen LogP contribution in [0.3, 0.4) is 0 Å². The highest BCUT2D eigenvalue weighted by Gasteiger charge is 2.72. The highest BCUT2D eigenvalue weighted by Crippen LogP contribution is 2.60. The maximum absolute atomic E-state index is 13.6. The van der Waals surface area contributed by atoms with E-state index in [2.05, 4.69) is 6.07 Å². The molecule has 2 fully saturated rings. The van der Waals surface area contributed by atoms with Gasteiger partial charge in [0.05, 0.1) is 34.8 Å². The molecule has 4 atom stereocenters. The van der Waals surface area contributed by atoms with Crippen LogP contribution in [0.4, 0.5) is 5.69 Å². The number of nitriles is 1. The molecule has 2 unspecified atom stereocenters. The molecule has 146 valence electrons. The number of hydrogen-bond donors (Lipinski definition) is 1. The minimum absolute atomic E-state index is 0.130. The zero-order valence-corrected chi connectivity index (χ0v) is 16.0. The molecule has 0 aromatic heterocycles. The predicted octanol–water partition coefficient (Wildman–Crippen LogP) is 2.69. The first-order valence-electron chi connectivity index (χ1n) is 9.83. The van der Waals surface area contributed by atoms with Crippen LogP contribution >= 0.6 is 0 Å². The molecule has 1 N–H and O–H groups in total. The quantitative estimate of drug-likeness (QED) is 0.642. The van der Waals surface area contributed by atoms with Gasteiger partial charge in [-0.1, -0.05) is 43.3 Å². The van der Waals surface area contributed by atoms with Crippen LogP contribution in [-0.2, 0) is 14.3 Å². The van der Waals surface area contributed by atoms with Crippen LogP contribution in [-0.4, -0.2) is 34.7 Å². The monoisotopic (exact) mass is 388 g/mol. The van der Waals surface area contributed by atoms with Gasteiger partial charge in [0.1, 0.15) is 5.60 Å². The maximum Gasteiger partial charge on any atom is 0.241 e. The zero-order valence-electron chi connectivity index (χ0n) is 16.0. The summed E-state index contributed by atoms with van der Waals surface area (Å²) in [7, 11) is 0. The number of imide groups is 1. The summed E-state index contributed by atoms with van der Waals surface area (Å²) in [5.41, 5.74) is -0.771. The fourth-order valence-corrected chi connectivity index (χ4v) is 5.38. The summed E-state index contributed by atoms with van der Waals surface area (Å²) < 4.78 is 6.27. The lowest BCUT2D eigenvalue weighted by Crippen LogP contribution is -2.41. The van der Waals surface area contributed by atoms with Crippen LogP contribution in [0, 0.1) is 23.2 Å². The molecule has 2 bridgehead atoms. The average Bonchev–Trinajstić information content (AvgIpc) is 3.34. The molecule has 3 aliphatic heterocycles. The minimum Gasteiger partial charge on any atom is -0.396 e. The molecule has 6 heteroatoms. The van der Waals surface area contributed by atoms with Crippen molar-refractivity contribution < 1.29 is 19.4 Å². The van der Waals surface area contributed by atoms with Gasteiger partial charge in [0.15, 0.2) is 0 Å². The molecule has 2 saturated heterocycles. The van der Waals surface area contributed by atoms with Crippen LogP contribution in [0.25, 0.3) is 10.8 Å². The first-order chi connectivity index (χ1) is 14.0. The second kappa shape index (κ2) is 5.99. The van der Waals surface area contributed by atoms with Gasteiger partial charge < -0.3 is 9.84 Å². The third kappa shape index (κ3) is 2.12. The number of ether oxygens (including phenoxy) is 1. The number of carbonyl (C=O) groups is 2. The molecule has 3 heterocycles. The van der Waals surface area contributed by atoms with E-state index in [-0.39, 0.29) is 24.8 Å². The molecule has 2 amide bonds. The van der Waals surface area contributed by atoms with Crippen molar-refractivity contribution in [2.24, 2.45) is 11.8 Å². The van der Waals surface area contributed by atoms with Gasteiger partial charge >= 0.3 is 0 Å². The molecular weight excluding hydrogens is 368 g/mol. The Bertz CT molecular complexity index is 1130. The van der Waals surface area contributed by atoms with Crippen LogP contribution < -0.4 is 4.90 Å². The summed E-state index contributed by atoms with van der Waals surface area (Å²) in [6.45, 7) is 1.81. The topological polar surface area (TPSA) is 90.6 Å². The van der Waals surface area contributed by atoms with E-state index in [4.69, 9.17) is 4.74 Å². The largest absolute Gasteiger partial charge is 0.396 e. The molecule has 29 heavy (non-hydrogen) atoms. The van der Waals surface area contributed by atoms with Crippen molar-refractivity contribution in [2.45, 2.75) is 31.0 Å². The Balaban J connectivity index is 1.68. The van der Waals surface area contributed by atoms with E-state index in [0.717, 1.165) is 0 Å². The van der Waals surface area contributed by atoms with Gasteiger partial charge in [-0.25, -0.2) is 4.90 Å². The number of anilines is 1. The molecule has 3 aliphatic rings. The Kier molecular flexibility index (Phi) is 3.73. The second-order valence-corrected chi connectivity index (χ2v) is 7.93. The van der Waals surface area contributed by atoms with Crippen molar-refractivity contribution in [1.82, 2.24) is 0 Å². The van der Waals surface area contributed by atoms with E-state index in [0.29, 0.717) is 28.4 Å². The average molecular weight is 388 g/mol. The minimum atomic E-state index is -0.945. The van der Waals surface area contributed by atoms with E-state index in [1.807, 2.05) is 43.3 Å². The fourth-order valence-electron chi connectivity index (χ4n) is 5.38. The van der Waals surface area contributed by atoms with Crippen molar-refractivity contribution in [3.05, 3.63) is 54.1 Å². The van der Waals surface area contributed by atoms with Crippen LogP contribution in [0.1, 0.15) is 25.3 Å².